The number of phenols is 2. The zero-order chi connectivity index (χ0) is 13.9. The summed E-state index contributed by atoms with van der Waals surface area (Å²) < 4.78 is 0. The molecule has 0 radical (unpaired) electrons. The van der Waals surface area contributed by atoms with Gasteiger partial charge in [0.1, 0.15) is 0 Å². The average molecular weight is 269 g/mol. The Bertz CT molecular complexity index is 583. The van der Waals surface area contributed by atoms with Gasteiger partial charge in [0, 0.05) is 12.5 Å². The lowest BCUT2D eigenvalue weighted by Gasteiger charge is -2.19. The number of hydrogen-bond acceptors (Lipinski definition) is 3. The van der Waals surface area contributed by atoms with E-state index < -0.39 is 0 Å². The van der Waals surface area contributed by atoms with Gasteiger partial charge in [-0.3, -0.25) is 0 Å². The summed E-state index contributed by atoms with van der Waals surface area (Å²) in [6, 6.07) is 15.6. The monoisotopic (exact) mass is 269 g/mol. The zero-order valence-corrected chi connectivity index (χ0v) is 11.3. The second kappa shape index (κ2) is 5.55. The molecule has 0 amide bonds. The zero-order valence-electron chi connectivity index (χ0n) is 11.3. The van der Waals surface area contributed by atoms with E-state index in [1.807, 2.05) is 12.1 Å². The van der Waals surface area contributed by atoms with Crippen LogP contribution in [0.4, 0.5) is 0 Å². The van der Waals surface area contributed by atoms with Gasteiger partial charge < -0.3 is 15.5 Å². The van der Waals surface area contributed by atoms with Crippen LogP contribution >= 0.6 is 0 Å². The quantitative estimate of drug-likeness (QED) is 0.751. The highest BCUT2D eigenvalue weighted by molar-refractivity contribution is 5.42. The number of phenolic OH excluding ortho intramolecular Hbond substituents is 2. The molecule has 3 nitrogen and oxygen atoms in total. The first-order valence-corrected chi connectivity index (χ1v) is 7.00. The van der Waals surface area contributed by atoms with Gasteiger partial charge in [0.25, 0.3) is 0 Å². The van der Waals surface area contributed by atoms with Crippen LogP contribution in [0.2, 0.25) is 0 Å². The van der Waals surface area contributed by atoms with E-state index in [1.54, 1.807) is 12.1 Å². The summed E-state index contributed by atoms with van der Waals surface area (Å²) in [6.07, 6.45) is 1.03. The number of hydrogen-bond donors (Lipinski definition) is 3. The smallest absolute Gasteiger partial charge is 0.157 e. The van der Waals surface area contributed by atoms with Gasteiger partial charge in [-0.05, 0) is 42.1 Å². The van der Waals surface area contributed by atoms with Crippen LogP contribution in [0.15, 0.2) is 48.5 Å². The third-order valence-electron chi connectivity index (χ3n) is 4.11. The van der Waals surface area contributed by atoms with Crippen molar-refractivity contribution in [1.29, 1.82) is 0 Å². The molecule has 1 aliphatic heterocycles. The van der Waals surface area contributed by atoms with Crippen LogP contribution in [0.5, 0.6) is 11.5 Å². The fourth-order valence-electron chi connectivity index (χ4n) is 3.03. The Morgan fingerprint density at radius 2 is 1.75 bits per heavy atom. The summed E-state index contributed by atoms with van der Waals surface area (Å²) >= 11 is 0. The van der Waals surface area contributed by atoms with Gasteiger partial charge in [-0.25, -0.2) is 0 Å². The number of rotatable bonds is 3. The van der Waals surface area contributed by atoms with Gasteiger partial charge >= 0.3 is 0 Å². The van der Waals surface area contributed by atoms with E-state index in [4.69, 9.17) is 0 Å². The van der Waals surface area contributed by atoms with Crippen molar-refractivity contribution in [3.05, 3.63) is 59.7 Å². The van der Waals surface area contributed by atoms with Crippen LogP contribution < -0.4 is 5.32 Å². The van der Waals surface area contributed by atoms with Crippen molar-refractivity contribution in [3.63, 3.8) is 0 Å². The summed E-state index contributed by atoms with van der Waals surface area (Å²) in [6.45, 7) is 1.91. The molecule has 2 atom stereocenters. The minimum Gasteiger partial charge on any atom is -0.504 e. The Kier molecular flexibility index (Phi) is 3.61. The third-order valence-corrected chi connectivity index (χ3v) is 4.11. The first-order chi connectivity index (χ1) is 9.74. The topological polar surface area (TPSA) is 52.5 Å². The van der Waals surface area contributed by atoms with Crippen LogP contribution in [0.1, 0.15) is 17.0 Å². The van der Waals surface area contributed by atoms with E-state index in [1.165, 1.54) is 5.56 Å². The average Bonchev–Trinajstić information content (AvgIpc) is 2.91. The summed E-state index contributed by atoms with van der Waals surface area (Å²) in [4.78, 5) is 0. The molecule has 1 fully saturated rings. The molecule has 0 bridgehead atoms. The van der Waals surface area contributed by atoms with E-state index in [2.05, 4.69) is 29.6 Å². The summed E-state index contributed by atoms with van der Waals surface area (Å²) in [5.74, 6) is 0.801. The molecule has 0 aromatic heterocycles. The first kappa shape index (κ1) is 13.0. The third kappa shape index (κ3) is 2.63. The molecular formula is C17H19NO2. The molecule has 20 heavy (non-hydrogen) atoms. The van der Waals surface area contributed by atoms with Crippen molar-refractivity contribution in [2.75, 3.05) is 13.1 Å². The molecule has 1 heterocycles. The molecule has 3 rings (SSSR count). The SMILES string of the molecule is Oc1ccc(C2CNCC2Cc2ccccc2)cc1O. The minimum atomic E-state index is -0.0562. The molecule has 3 heteroatoms. The van der Waals surface area contributed by atoms with E-state index in [0.717, 1.165) is 25.1 Å². The summed E-state index contributed by atoms with van der Waals surface area (Å²) in [7, 11) is 0. The van der Waals surface area contributed by atoms with Gasteiger partial charge in [-0.2, -0.15) is 0 Å². The van der Waals surface area contributed by atoms with Crippen molar-refractivity contribution >= 4 is 0 Å². The molecule has 1 aliphatic rings. The molecule has 3 N–H and O–H groups in total. The van der Waals surface area contributed by atoms with Crippen LogP contribution in [0, 0.1) is 5.92 Å². The molecule has 1 saturated heterocycles. The van der Waals surface area contributed by atoms with Crippen molar-refractivity contribution in [1.82, 2.24) is 5.32 Å². The van der Waals surface area contributed by atoms with Crippen molar-refractivity contribution < 1.29 is 10.2 Å². The van der Waals surface area contributed by atoms with Gasteiger partial charge in [0.15, 0.2) is 11.5 Å². The molecule has 2 aromatic carbocycles. The predicted molar refractivity (Wildman–Crippen MR) is 79.0 cm³/mol. The molecule has 104 valence electrons. The van der Waals surface area contributed by atoms with Crippen molar-refractivity contribution in [2.45, 2.75) is 12.3 Å². The highest BCUT2D eigenvalue weighted by Gasteiger charge is 2.28. The van der Waals surface area contributed by atoms with Crippen molar-refractivity contribution in [3.8, 4) is 11.5 Å². The van der Waals surface area contributed by atoms with Crippen molar-refractivity contribution in [2.24, 2.45) is 5.92 Å². The Labute approximate surface area is 118 Å². The lowest BCUT2D eigenvalue weighted by molar-refractivity contribution is 0.401. The van der Waals surface area contributed by atoms with Gasteiger partial charge in [-0.15, -0.1) is 0 Å². The molecular weight excluding hydrogens is 250 g/mol. The molecule has 0 aliphatic carbocycles. The number of nitrogens with one attached hydrogen (secondary N) is 1. The number of benzene rings is 2. The second-order valence-electron chi connectivity index (χ2n) is 5.46. The fourth-order valence-corrected chi connectivity index (χ4v) is 3.03. The van der Waals surface area contributed by atoms with Gasteiger partial charge in [0.2, 0.25) is 0 Å². The van der Waals surface area contributed by atoms with Crippen LogP contribution in [-0.2, 0) is 6.42 Å². The first-order valence-electron chi connectivity index (χ1n) is 7.00. The Balaban J connectivity index is 1.80. The van der Waals surface area contributed by atoms with E-state index in [9.17, 15) is 10.2 Å². The highest BCUT2D eigenvalue weighted by Crippen LogP contribution is 2.35. The van der Waals surface area contributed by atoms with Crippen LogP contribution in [-0.4, -0.2) is 23.3 Å². The summed E-state index contributed by atoms with van der Waals surface area (Å²) in [5.41, 5.74) is 2.43. The highest BCUT2D eigenvalue weighted by atomic mass is 16.3. The Hall–Kier alpha value is -2.00. The normalized spacial score (nSPS) is 22.0. The molecule has 0 spiro atoms. The molecule has 2 aromatic rings. The molecule has 0 saturated carbocycles. The minimum absolute atomic E-state index is 0.0344. The molecule has 2 unspecified atom stereocenters. The van der Waals surface area contributed by atoms with E-state index >= 15 is 0 Å². The maximum atomic E-state index is 9.67. The lowest BCUT2D eigenvalue weighted by atomic mass is 9.84. The van der Waals surface area contributed by atoms with Gasteiger partial charge in [-0.1, -0.05) is 36.4 Å². The van der Waals surface area contributed by atoms with E-state index in [0.29, 0.717) is 11.8 Å². The predicted octanol–water partition coefficient (Wildman–Crippen LogP) is 2.64. The lowest BCUT2D eigenvalue weighted by Crippen LogP contribution is -2.13. The largest absolute Gasteiger partial charge is 0.504 e. The maximum Gasteiger partial charge on any atom is 0.157 e. The van der Waals surface area contributed by atoms with Crippen LogP contribution in [0.25, 0.3) is 0 Å². The number of aromatic hydroxyl groups is 2. The van der Waals surface area contributed by atoms with E-state index in [-0.39, 0.29) is 11.5 Å². The second-order valence-corrected chi connectivity index (χ2v) is 5.46. The Morgan fingerprint density at radius 3 is 2.50 bits per heavy atom. The standard InChI is InChI=1S/C17H19NO2/c19-16-7-6-13(9-17(16)20)15-11-18-10-14(15)8-12-4-2-1-3-5-12/h1-7,9,14-15,18-20H,8,10-11H2. The van der Waals surface area contributed by atoms with Crippen LogP contribution in [0.3, 0.4) is 0 Å². The summed E-state index contributed by atoms with van der Waals surface area (Å²) in [5, 5.41) is 22.5. The Morgan fingerprint density at radius 1 is 0.950 bits per heavy atom. The fraction of sp³-hybridized carbons (Fsp3) is 0.294. The maximum absolute atomic E-state index is 9.67. The van der Waals surface area contributed by atoms with Gasteiger partial charge in [0.05, 0.1) is 0 Å².